The molecule has 1 unspecified atom stereocenters. The van der Waals surface area contributed by atoms with E-state index in [1.807, 2.05) is 0 Å². The minimum Gasteiger partial charge on any atom is -0.313 e. The largest absolute Gasteiger partial charge is 0.313 e. The van der Waals surface area contributed by atoms with Gasteiger partial charge in [-0.2, -0.15) is 0 Å². The van der Waals surface area contributed by atoms with Gasteiger partial charge in [-0.05, 0) is 45.1 Å². The Morgan fingerprint density at radius 3 is 2.65 bits per heavy atom. The summed E-state index contributed by atoms with van der Waals surface area (Å²) < 4.78 is 0. The molecule has 0 aromatic rings. The van der Waals surface area contributed by atoms with Crippen LogP contribution in [0.5, 0.6) is 0 Å². The van der Waals surface area contributed by atoms with Crippen LogP contribution in [-0.2, 0) is 0 Å². The van der Waals surface area contributed by atoms with E-state index in [0.717, 1.165) is 5.92 Å². The van der Waals surface area contributed by atoms with Crippen LogP contribution in [0.2, 0.25) is 0 Å². The summed E-state index contributed by atoms with van der Waals surface area (Å²) in [5.41, 5.74) is 1.72. The monoisotopic (exact) mass is 235 g/mol. The highest BCUT2D eigenvalue weighted by atomic mass is 14.9. The summed E-state index contributed by atoms with van der Waals surface area (Å²) in [7, 11) is 2.15. The molecule has 2 rings (SSSR count). The SMILES string of the molecule is CNC(CC1CCCC1)C1=CCCCCCC1. The van der Waals surface area contributed by atoms with Gasteiger partial charge in [0.25, 0.3) is 0 Å². The van der Waals surface area contributed by atoms with Crippen LogP contribution in [0.15, 0.2) is 11.6 Å². The van der Waals surface area contributed by atoms with Crippen molar-refractivity contribution in [2.75, 3.05) is 7.05 Å². The third kappa shape index (κ3) is 4.13. The van der Waals surface area contributed by atoms with E-state index in [1.54, 1.807) is 5.57 Å². The summed E-state index contributed by atoms with van der Waals surface area (Å²) in [6.45, 7) is 0. The Kier molecular flexibility index (Phi) is 5.57. The van der Waals surface area contributed by atoms with E-state index in [2.05, 4.69) is 18.4 Å². The van der Waals surface area contributed by atoms with Gasteiger partial charge < -0.3 is 5.32 Å². The fourth-order valence-electron chi connectivity index (χ4n) is 3.57. The molecule has 0 aromatic carbocycles. The molecule has 0 heterocycles. The number of likely N-dealkylation sites (N-methyl/N-ethyl adjacent to an activating group) is 1. The van der Waals surface area contributed by atoms with Gasteiger partial charge in [0.05, 0.1) is 0 Å². The molecule has 0 aliphatic heterocycles. The van der Waals surface area contributed by atoms with Gasteiger partial charge >= 0.3 is 0 Å². The molecule has 0 bridgehead atoms. The fraction of sp³-hybridized carbons (Fsp3) is 0.875. The molecule has 1 heteroatoms. The molecular formula is C16H29N. The average molecular weight is 235 g/mol. The highest BCUT2D eigenvalue weighted by Crippen LogP contribution is 2.31. The molecule has 0 radical (unpaired) electrons. The van der Waals surface area contributed by atoms with E-state index >= 15 is 0 Å². The highest BCUT2D eigenvalue weighted by Gasteiger charge is 2.21. The van der Waals surface area contributed by atoms with Crippen molar-refractivity contribution in [2.24, 2.45) is 5.92 Å². The topological polar surface area (TPSA) is 12.0 Å². The average Bonchev–Trinajstić information content (AvgIpc) is 2.79. The van der Waals surface area contributed by atoms with Crippen molar-refractivity contribution < 1.29 is 0 Å². The van der Waals surface area contributed by atoms with Crippen LogP contribution in [0.1, 0.15) is 70.6 Å². The summed E-state index contributed by atoms with van der Waals surface area (Å²) in [6, 6.07) is 0.677. The molecule has 1 fully saturated rings. The number of allylic oxidation sites excluding steroid dienone is 1. The fourth-order valence-corrected chi connectivity index (χ4v) is 3.57. The van der Waals surface area contributed by atoms with Gasteiger partial charge in [0.15, 0.2) is 0 Å². The molecule has 0 saturated heterocycles. The van der Waals surface area contributed by atoms with Gasteiger partial charge in [-0.25, -0.2) is 0 Å². The second-order valence-electron chi connectivity index (χ2n) is 5.96. The van der Waals surface area contributed by atoms with Gasteiger partial charge in [-0.3, -0.25) is 0 Å². The Morgan fingerprint density at radius 2 is 1.88 bits per heavy atom. The van der Waals surface area contributed by atoms with Crippen molar-refractivity contribution in [3.63, 3.8) is 0 Å². The summed E-state index contributed by atoms with van der Waals surface area (Å²) in [4.78, 5) is 0. The lowest BCUT2D eigenvalue weighted by Gasteiger charge is -2.24. The third-order valence-corrected chi connectivity index (χ3v) is 4.67. The van der Waals surface area contributed by atoms with Crippen molar-refractivity contribution in [1.29, 1.82) is 0 Å². The molecule has 98 valence electrons. The minimum absolute atomic E-state index is 0.677. The molecule has 2 aliphatic rings. The molecule has 17 heavy (non-hydrogen) atoms. The van der Waals surface area contributed by atoms with Gasteiger partial charge in [-0.15, -0.1) is 0 Å². The molecule has 1 atom stereocenters. The smallest absolute Gasteiger partial charge is 0.0279 e. The van der Waals surface area contributed by atoms with Crippen LogP contribution < -0.4 is 5.32 Å². The van der Waals surface area contributed by atoms with Gasteiger partial charge in [0.2, 0.25) is 0 Å². The Morgan fingerprint density at radius 1 is 1.12 bits per heavy atom. The molecular weight excluding hydrogens is 206 g/mol. The molecule has 1 nitrogen and oxygen atoms in total. The van der Waals surface area contributed by atoms with Gasteiger partial charge in [0.1, 0.15) is 0 Å². The maximum atomic E-state index is 3.58. The summed E-state index contributed by atoms with van der Waals surface area (Å²) in [5, 5.41) is 3.58. The van der Waals surface area contributed by atoms with Crippen molar-refractivity contribution >= 4 is 0 Å². The maximum absolute atomic E-state index is 3.58. The number of nitrogens with one attached hydrogen (secondary N) is 1. The highest BCUT2D eigenvalue weighted by molar-refractivity contribution is 5.12. The van der Waals surface area contributed by atoms with Crippen LogP contribution in [0.25, 0.3) is 0 Å². The summed E-state index contributed by atoms with van der Waals surface area (Å²) in [5.74, 6) is 0.999. The summed E-state index contributed by atoms with van der Waals surface area (Å²) in [6.07, 6.45) is 18.2. The van der Waals surface area contributed by atoms with E-state index in [1.165, 1.54) is 70.6 Å². The Hall–Kier alpha value is -0.300. The van der Waals surface area contributed by atoms with Crippen molar-refractivity contribution in [2.45, 2.75) is 76.7 Å². The van der Waals surface area contributed by atoms with E-state index in [4.69, 9.17) is 0 Å². The molecule has 0 aromatic heterocycles. The second-order valence-corrected chi connectivity index (χ2v) is 5.96. The lowest BCUT2D eigenvalue weighted by Crippen LogP contribution is -2.29. The van der Waals surface area contributed by atoms with Crippen molar-refractivity contribution in [1.82, 2.24) is 5.32 Å². The Balaban J connectivity index is 1.89. The van der Waals surface area contributed by atoms with E-state index in [9.17, 15) is 0 Å². The Labute approximate surface area is 107 Å². The van der Waals surface area contributed by atoms with Crippen molar-refractivity contribution in [3.8, 4) is 0 Å². The summed E-state index contributed by atoms with van der Waals surface area (Å²) >= 11 is 0. The van der Waals surface area contributed by atoms with Gasteiger partial charge in [-0.1, -0.05) is 50.2 Å². The number of hydrogen-bond donors (Lipinski definition) is 1. The van der Waals surface area contributed by atoms with Crippen molar-refractivity contribution in [3.05, 3.63) is 11.6 Å². The first kappa shape index (κ1) is 13.1. The first-order valence-electron chi connectivity index (χ1n) is 7.76. The van der Waals surface area contributed by atoms with Crippen LogP contribution >= 0.6 is 0 Å². The molecule has 2 aliphatic carbocycles. The lowest BCUT2D eigenvalue weighted by atomic mass is 9.89. The zero-order valence-electron chi connectivity index (χ0n) is 11.5. The normalized spacial score (nSPS) is 25.1. The van der Waals surface area contributed by atoms with Crippen LogP contribution in [0.4, 0.5) is 0 Å². The third-order valence-electron chi connectivity index (χ3n) is 4.67. The van der Waals surface area contributed by atoms with E-state index < -0.39 is 0 Å². The molecule has 0 amide bonds. The first-order chi connectivity index (χ1) is 8.40. The zero-order valence-corrected chi connectivity index (χ0v) is 11.5. The maximum Gasteiger partial charge on any atom is 0.0279 e. The van der Waals surface area contributed by atoms with Crippen LogP contribution in [0.3, 0.4) is 0 Å². The standard InChI is InChI=1S/C16H29N/c1-17-16(13-14-9-7-8-10-14)15-11-5-3-2-4-6-12-15/h11,14,16-17H,2-10,12-13H2,1H3. The predicted octanol–water partition coefficient (Wildman–Crippen LogP) is 4.44. The zero-order chi connectivity index (χ0) is 11.9. The number of hydrogen-bond acceptors (Lipinski definition) is 1. The predicted molar refractivity (Wildman–Crippen MR) is 75.2 cm³/mol. The Bertz CT molecular complexity index is 238. The van der Waals surface area contributed by atoms with Crippen LogP contribution in [-0.4, -0.2) is 13.1 Å². The van der Waals surface area contributed by atoms with E-state index in [-0.39, 0.29) is 0 Å². The molecule has 1 saturated carbocycles. The lowest BCUT2D eigenvalue weighted by molar-refractivity contribution is 0.424. The first-order valence-corrected chi connectivity index (χ1v) is 7.76. The quantitative estimate of drug-likeness (QED) is 0.711. The van der Waals surface area contributed by atoms with Gasteiger partial charge in [0, 0.05) is 6.04 Å². The minimum atomic E-state index is 0.677. The van der Waals surface area contributed by atoms with Crippen LogP contribution in [0, 0.1) is 5.92 Å². The molecule has 0 spiro atoms. The van der Waals surface area contributed by atoms with E-state index in [0.29, 0.717) is 6.04 Å². The number of rotatable bonds is 4. The second kappa shape index (κ2) is 7.20. The molecule has 1 N–H and O–H groups in total.